The van der Waals surface area contributed by atoms with Crippen LogP contribution >= 0.6 is 0 Å². The van der Waals surface area contributed by atoms with Crippen LogP contribution in [0.25, 0.3) is 11.4 Å². The third-order valence-corrected chi connectivity index (χ3v) is 2.86. The number of carbonyl (C=O) groups is 1. The second kappa shape index (κ2) is 4.08. The molecule has 0 atom stereocenters. The molecule has 0 unspecified atom stereocenters. The fraction of sp³-hybridized carbons (Fsp3) is 0.333. The number of hydrogen-bond donors (Lipinski definition) is 0. The lowest BCUT2D eigenvalue weighted by molar-refractivity contribution is 0.112. The monoisotopic (exact) mass is 228 g/mol. The van der Waals surface area contributed by atoms with E-state index >= 15 is 0 Å². The van der Waals surface area contributed by atoms with Crippen molar-refractivity contribution in [1.29, 1.82) is 0 Å². The average Bonchev–Trinajstić information content (AvgIpc) is 3.08. The zero-order chi connectivity index (χ0) is 11.7. The third-order valence-electron chi connectivity index (χ3n) is 2.86. The van der Waals surface area contributed by atoms with Crippen molar-refractivity contribution < 1.29 is 4.79 Å². The highest BCUT2D eigenvalue weighted by molar-refractivity contribution is 5.84. The van der Waals surface area contributed by atoms with Gasteiger partial charge < -0.3 is 0 Å². The van der Waals surface area contributed by atoms with Gasteiger partial charge in [0.2, 0.25) is 0 Å². The molecule has 2 heterocycles. The summed E-state index contributed by atoms with van der Waals surface area (Å²) in [6, 6.07) is 0. The summed E-state index contributed by atoms with van der Waals surface area (Å²) >= 11 is 0. The lowest BCUT2D eigenvalue weighted by atomic mass is 10.2. The van der Waals surface area contributed by atoms with Crippen LogP contribution in [-0.2, 0) is 6.54 Å². The highest BCUT2D eigenvalue weighted by Crippen LogP contribution is 2.31. The fourth-order valence-corrected chi connectivity index (χ4v) is 1.80. The molecule has 0 amide bonds. The maximum Gasteiger partial charge on any atom is 0.153 e. The van der Waals surface area contributed by atoms with Crippen LogP contribution in [0.3, 0.4) is 0 Å². The van der Waals surface area contributed by atoms with Crippen LogP contribution in [0.5, 0.6) is 0 Å². The van der Waals surface area contributed by atoms with E-state index in [1.807, 2.05) is 4.68 Å². The van der Waals surface area contributed by atoms with Crippen LogP contribution in [0, 0.1) is 5.92 Å². The van der Waals surface area contributed by atoms with Gasteiger partial charge in [-0.15, -0.1) is 0 Å². The topological polar surface area (TPSA) is 60.7 Å². The number of carbonyl (C=O) groups excluding carboxylic acids is 1. The molecule has 0 radical (unpaired) electrons. The lowest BCUT2D eigenvalue weighted by Gasteiger charge is -1.97. The highest BCUT2D eigenvalue weighted by atomic mass is 16.1. The van der Waals surface area contributed by atoms with Crippen molar-refractivity contribution in [2.75, 3.05) is 0 Å². The summed E-state index contributed by atoms with van der Waals surface area (Å²) in [4.78, 5) is 19.2. The van der Waals surface area contributed by atoms with E-state index in [1.54, 1.807) is 24.8 Å². The number of rotatable bonds is 4. The minimum Gasteiger partial charge on any atom is -0.298 e. The summed E-state index contributed by atoms with van der Waals surface area (Å²) in [6.07, 6.45) is 9.95. The predicted octanol–water partition coefficient (Wildman–Crippen LogP) is 1.56. The van der Waals surface area contributed by atoms with Gasteiger partial charge in [0.05, 0.1) is 11.8 Å². The van der Waals surface area contributed by atoms with Crippen molar-refractivity contribution >= 4 is 6.29 Å². The molecule has 1 aliphatic carbocycles. The van der Waals surface area contributed by atoms with E-state index in [1.165, 1.54) is 12.8 Å². The van der Waals surface area contributed by atoms with Gasteiger partial charge in [-0.2, -0.15) is 5.10 Å². The van der Waals surface area contributed by atoms with E-state index in [0.717, 1.165) is 18.7 Å². The molecule has 1 aliphatic rings. The average molecular weight is 228 g/mol. The largest absolute Gasteiger partial charge is 0.298 e. The molecule has 2 aromatic heterocycles. The Kier molecular flexibility index (Phi) is 2.44. The summed E-state index contributed by atoms with van der Waals surface area (Å²) in [5.41, 5.74) is 1.84. The number of aldehydes is 1. The van der Waals surface area contributed by atoms with E-state index < -0.39 is 0 Å². The molecule has 0 aromatic carbocycles. The maximum atomic E-state index is 11.0. The quantitative estimate of drug-likeness (QED) is 0.745. The summed E-state index contributed by atoms with van der Waals surface area (Å²) in [6.45, 7) is 0.890. The van der Waals surface area contributed by atoms with Crippen molar-refractivity contribution in [3.63, 3.8) is 0 Å². The molecular formula is C12H12N4O. The Morgan fingerprint density at radius 1 is 1.41 bits per heavy atom. The van der Waals surface area contributed by atoms with Gasteiger partial charge in [-0.3, -0.25) is 19.4 Å². The van der Waals surface area contributed by atoms with Crippen molar-refractivity contribution in [2.45, 2.75) is 19.4 Å². The molecule has 5 nitrogen and oxygen atoms in total. The Morgan fingerprint density at radius 3 is 2.94 bits per heavy atom. The van der Waals surface area contributed by atoms with Crippen LogP contribution in [0.1, 0.15) is 23.2 Å². The molecule has 1 saturated carbocycles. The Morgan fingerprint density at radius 2 is 2.29 bits per heavy atom. The summed E-state index contributed by atoms with van der Waals surface area (Å²) in [5.74, 6) is 0.726. The number of nitrogens with zero attached hydrogens (tertiary/aromatic N) is 4. The van der Waals surface area contributed by atoms with E-state index in [0.29, 0.717) is 17.0 Å². The Balaban J connectivity index is 1.96. The van der Waals surface area contributed by atoms with E-state index in [2.05, 4.69) is 15.1 Å². The standard InChI is InChI=1S/C12H12N4O/c17-8-10-7-16(6-9-1-2-9)15-12(10)11-5-13-3-4-14-11/h3-5,7-9H,1-2,6H2. The van der Waals surface area contributed by atoms with Crippen LogP contribution in [0.4, 0.5) is 0 Å². The Hall–Kier alpha value is -2.04. The van der Waals surface area contributed by atoms with Gasteiger partial charge in [-0.1, -0.05) is 0 Å². The van der Waals surface area contributed by atoms with Crippen LogP contribution in [0.2, 0.25) is 0 Å². The lowest BCUT2D eigenvalue weighted by Crippen LogP contribution is -2.00. The van der Waals surface area contributed by atoms with Crippen molar-refractivity contribution in [1.82, 2.24) is 19.7 Å². The van der Waals surface area contributed by atoms with Crippen molar-refractivity contribution in [2.24, 2.45) is 5.92 Å². The fourth-order valence-electron chi connectivity index (χ4n) is 1.80. The van der Waals surface area contributed by atoms with Crippen LogP contribution < -0.4 is 0 Å². The molecule has 1 fully saturated rings. The predicted molar refractivity (Wildman–Crippen MR) is 61.4 cm³/mol. The zero-order valence-electron chi connectivity index (χ0n) is 9.28. The normalized spacial score (nSPS) is 14.8. The molecule has 2 aromatic rings. The van der Waals surface area contributed by atoms with E-state index in [-0.39, 0.29) is 0 Å². The summed E-state index contributed by atoms with van der Waals surface area (Å²) < 4.78 is 1.84. The molecule has 0 aliphatic heterocycles. The molecule has 86 valence electrons. The first-order chi connectivity index (χ1) is 8.36. The first-order valence-electron chi connectivity index (χ1n) is 5.66. The van der Waals surface area contributed by atoms with Gasteiger partial charge >= 0.3 is 0 Å². The van der Waals surface area contributed by atoms with Crippen molar-refractivity contribution in [3.05, 3.63) is 30.4 Å². The second-order valence-electron chi connectivity index (χ2n) is 4.31. The highest BCUT2D eigenvalue weighted by Gasteiger charge is 2.23. The Labute approximate surface area is 98.5 Å². The van der Waals surface area contributed by atoms with Gasteiger partial charge in [0.1, 0.15) is 11.4 Å². The van der Waals surface area contributed by atoms with Gasteiger partial charge in [0, 0.05) is 25.1 Å². The van der Waals surface area contributed by atoms with Crippen LogP contribution in [0.15, 0.2) is 24.8 Å². The van der Waals surface area contributed by atoms with Gasteiger partial charge in [0.15, 0.2) is 6.29 Å². The molecule has 0 N–H and O–H groups in total. The molecule has 5 heteroatoms. The molecule has 0 spiro atoms. The summed E-state index contributed by atoms with van der Waals surface area (Å²) in [5, 5.41) is 4.41. The first-order valence-corrected chi connectivity index (χ1v) is 5.66. The SMILES string of the molecule is O=Cc1cn(CC2CC2)nc1-c1cnccn1. The molecule has 0 bridgehead atoms. The molecule has 3 rings (SSSR count). The second-order valence-corrected chi connectivity index (χ2v) is 4.31. The smallest absolute Gasteiger partial charge is 0.153 e. The van der Waals surface area contributed by atoms with E-state index in [9.17, 15) is 4.79 Å². The van der Waals surface area contributed by atoms with Crippen molar-refractivity contribution in [3.8, 4) is 11.4 Å². The summed E-state index contributed by atoms with van der Waals surface area (Å²) in [7, 11) is 0. The minimum absolute atomic E-state index is 0.575. The zero-order valence-corrected chi connectivity index (χ0v) is 9.28. The minimum atomic E-state index is 0.575. The van der Waals surface area contributed by atoms with E-state index in [4.69, 9.17) is 0 Å². The molecular weight excluding hydrogens is 216 g/mol. The third kappa shape index (κ3) is 2.08. The number of hydrogen-bond acceptors (Lipinski definition) is 4. The number of aromatic nitrogens is 4. The maximum absolute atomic E-state index is 11.0. The molecule has 17 heavy (non-hydrogen) atoms. The van der Waals surface area contributed by atoms with Gasteiger partial charge in [-0.05, 0) is 18.8 Å². The first kappa shape index (κ1) is 10.1. The van der Waals surface area contributed by atoms with Gasteiger partial charge in [0.25, 0.3) is 0 Å². The van der Waals surface area contributed by atoms with Crippen LogP contribution in [-0.4, -0.2) is 26.0 Å². The Bertz CT molecular complexity index is 531. The molecule has 0 saturated heterocycles. The van der Waals surface area contributed by atoms with Gasteiger partial charge in [-0.25, -0.2) is 0 Å².